The third-order valence-corrected chi connectivity index (χ3v) is 6.00. The van der Waals surface area contributed by atoms with Crippen LogP contribution in [0.2, 0.25) is 0 Å². The molecule has 1 fully saturated rings. The van der Waals surface area contributed by atoms with E-state index in [1.165, 1.54) is 11.1 Å². The fourth-order valence-electron chi connectivity index (χ4n) is 4.33. The van der Waals surface area contributed by atoms with Crippen molar-refractivity contribution in [2.75, 3.05) is 20.2 Å². The monoisotopic (exact) mass is 289 g/mol. The summed E-state index contributed by atoms with van der Waals surface area (Å²) in [7, 11) is 1.79. The average Bonchev–Trinajstić information content (AvgIpc) is 2.46. The molecule has 3 nitrogen and oxygen atoms in total. The first-order chi connectivity index (χ1) is 9.95. The molecule has 1 N–H and O–H groups in total. The fraction of sp³-hybridized carbons (Fsp3) is 0.667. The van der Waals surface area contributed by atoms with Gasteiger partial charge in [0.15, 0.2) is 0 Å². The molecule has 0 unspecified atom stereocenters. The molecule has 2 aliphatic rings. The number of phenols is 1. The Morgan fingerprint density at radius 3 is 2.95 bits per heavy atom. The zero-order valence-corrected chi connectivity index (χ0v) is 13.6. The van der Waals surface area contributed by atoms with Gasteiger partial charge in [0, 0.05) is 19.7 Å². The second-order valence-corrected chi connectivity index (χ2v) is 7.11. The molecule has 21 heavy (non-hydrogen) atoms. The number of likely N-dealkylation sites (tertiary alicyclic amines) is 1. The Labute approximate surface area is 127 Å². The van der Waals surface area contributed by atoms with Crippen molar-refractivity contribution in [2.45, 2.75) is 51.2 Å². The normalized spacial score (nSPS) is 33.5. The van der Waals surface area contributed by atoms with Gasteiger partial charge < -0.3 is 9.84 Å². The maximum absolute atomic E-state index is 9.86. The van der Waals surface area contributed by atoms with Crippen LogP contribution in [0.25, 0.3) is 0 Å². The molecule has 1 aromatic carbocycles. The Kier molecular flexibility index (Phi) is 3.74. The maximum Gasteiger partial charge on any atom is 0.115 e. The maximum atomic E-state index is 9.86. The van der Waals surface area contributed by atoms with E-state index in [0.29, 0.717) is 17.7 Å². The number of methoxy groups -OCH3 is 1. The Bertz CT molecular complexity index is 530. The zero-order valence-electron chi connectivity index (χ0n) is 13.6. The molecule has 3 heteroatoms. The number of fused-ring (bicyclic) bond motifs is 4. The van der Waals surface area contributed by atoms with Gasteiger partial charge in [0.05, 0.1) is 6.10 Å². The van der Waals surface area contributed by atoms with E-state index in [9.17, 15) is 5.11 Å². The van der Waals surface area contributed by atoms with E-state index in [-0.39, 0.29) is 11.5 Å². The number of hydrogen-bond donors (Lipinski definition) is 1. The van der Waals surface area contributed by atoms with E-state index >= 15 is 0 Å². The second-order valence-electron chi connectivity index (χ2n) is 7.11. The van der Waals surface area contributed by atoms with Crippen LogP contribution in [0.4, 0.5) is 0 Å². The molecule has 0 aromatic heterocycles. The van der Waals surface area contributed by atoms with Crippen LogP contribution in [0.5, 0.6) is 5.75 Å². The Balaban J connectivity index is 1.94. The number of piperidine rings is 1. The van der Waals surface area contributed by atoms with Gasteiger partial charge in [0.1, 0.15) is 5.75 Å². The van der Waals surface area contributed by atoms with Crippen molar-refractivity contribution in [3.63, 3.8) is 0 Å². The van der Waals surface area contributed by atoms with Gasteiger partial charge >= 0.3 is 0 Å². The Morgan fingerprint density at radius 2 is 2.24 bits per heavy atom. The van der Waals surface area contributed by atoms with Crippen LogP contribution in [0.3, 0.4) is 0 Å². The molecule has 2 bridgehead atoms. The number of ether oxygens (including phenoxy) is 1. The van der Waals surface area contributed by atoms with Gasteiger partial charge in [-0.25, -0.2) is 0 Å². The quantitative estimate of drug-likeness (QED) is 0.928. The summed E-state index contributed by atoms with van der Waals surface area (Å²) < 4.78 is 5.46. The van der Waals surface area contributed by atoms with Crippen LogP contribution in [0.15, 0.2) is 18.2 Å². The first-order valence-electron chi connectivity index (χ1n) is 8.05. The van der Waals surface area contributed by atoms with E-state index in [4.69, 9.17) is 4.74 Å². The van der Waals surface area contributed by atoms with E-state index in [2.05, 4.69) is 31.7 Å². The number of hydrogen-bond acceptors (Lipinski definition) is 3. The van der Waals surface area contributed by atoms with Crippen LogP contribution in [0, 0.1) is 5.92 Å². The van der Waals surface area contributed by atoms with Gasteiger partial charge in [-0.3, -0.25) is 4.90 Å². The van der Waals surface area contributed by atoms with E-state index in [1.54, 1.807) is 7.11 Å². The Morgan fingerprint density at radius 1 is 1.48 bits per heavy atom. The van der Waals surface area contributed by atoms with Crippen molar-refractivity contribution in [3.05, 3.63) is 29.3 Å². The molecule has 1 saturated heterocycles. The van der Waals surface area contributed by atoms with Gasteiger partial charge in [0.2, 0.25) is 0 Å². The lowest BCUT2D eigenvalue weighted by molar-refractivity contribution is -0.00624. The topological polar surface area (TPSA) is 32.7 Å². The van der Waals surface area contributed by atoms with Gasteiger partial charge in [-0.05, 0) is 60.9 Å². The molecule has 4 atom stereocenters. The molecular formula is C18H27NO2. The predicted octanol–water partition coefficient (Wildman–Crippen LogP) is 2.95. The molecule has 1 aliphatic heterocycles. The Hall–Kier alpha value is -1.06. The summed E-state index contributed by atoms with van der Waals surface area (Å²) in [5, 5.41) is 9.86. The lowest BCUT2D eigenvalue weighted by atomic mass is 9.59. The van der Waals surface area contributed by atoms with Crippen molar-refractivity contribution in [2.24, 2.45) is 5.92 Å². The van der Waals surface area contributed by atoms with Crippen molar-refractivity contribution >= 4 is 0 Å². The van der Waals surface area contributed by atoms with Crippen molar-refractivity contribution in [1.29, 1.82) is 0 Å². The molecule has 1 aliphatic carbocycles. The van der Waals surface area contributed by atoms with Crippen LogP contribution in [0.1, 0.15) is 38.3 Å². The third-order valence-electron chi connectivity index (χ3n) is 6.00. The molecule has 0 radical (unpaired) electrons. The highest BCUT2D eigenvalue weighted by Crippen LogP contribution is 2.49. The zero-order chi connectivity index (χ0) is 15.2. The molecule has 1 heterocycles. The summed E-state index contributed by atoms with van der Waals surface area (Å²) in [5.74, 6) is 1.00. The van der Waals surface area contributed by atoms with Gasteiger partial charge in [-0.2, -0.15) is 0 Å². The van der Waals surface area contributed by atoms with Crippen LogP contribution in [-0.4, -0.2) is 42.4 Å². The third kappa shape index (κ3) is 2.36. The van der Waals surface area contributed by atoms with Gasteiger partial charge in [-0.15, -0.1) is 0 Å². The van der Waals surface area contributed by atoms with Crippen LogP contribution >= 0.6 is 0 Å². The molecule has 116 valence electrons. The fourth-order valence-corrected chi connectivity index (χ4v) is 4.33. The van der Waals surface area contributed by atoms with Crippen molar-refractivity contribution in [1.82, 2.24) is 4.90 Å². The summed E-state index contributed by atoms with van der Waals surface area (Å²) in [5.41, 5.74) is 2.96. The largest absolute Gasteiger partial charge is 0.508 e. The van der Waals surface area contributed by atoms with Gasteiger partial charge in [-0.1, -0.05) is 19.9 Å². The summed E-state index contributed by atoms with van der Waals surface area (Å²) in [4.78, 5) is 2.61. The summed E-state index contributed by atoms with van der Waals surface area (Å²) in [6.45, 7) is 9.02. The second kappa shape index (κ2) is 5.29. The number of benzene rings is 1. The molecule has 0 spiro atoms. The van der Waals surface area contributed by atoms with E-state index in [1.807, 2.05) is 12.1 Å². The van der Waals surface area contributed by atoms with Crippen LogP contribution in [-0.2, 0) is 16.6 Å². The summed E-state index contributed by atoms with van der Waals surface area (Å²) in [6.07, 6.45) is 2.52. The highest BCUT2D eigenvalue weighted by molar-refractivity contribution is 5.44. The lowest BCUT2D eigenvalue weighted by Gasteiger charge is -2.55. The average molecular weight is 289 g/mol. The van der Waals surface area contributed by atoms with Crippen molar-refractivity contribution < 1.29 is 9.84 Å². The summed E-state index contributed by atoms with van der Waals surface area (Å²) >= 11 is 0. The van der Waals surface area contributed by atoms with Gasteiger partial charge in [0.25, 0.3) is 0 Å². The first-order valence-corrected chi connectivity index (χ1v) is 8.05. The van der Waals surface area contributed by atoms with E-state index < -0.39 is 0 Å². The smallest absolute Gasteiger partial charge is 0.115 e. The molecular weight excluding hydrogens is 262 g/mol. The highest BCUT2D eigenvalue weighted by Gasteiger charge is 2.48. The minimum absolute atomic E-state index is 0.184. The summed E-state index contributed by atoms with van der Waals surface area (Å²) in [6, 6.07) is 6.52. The number of phenolic OH excluding ortho intramolecular Hbond substituents is 1. The molecule has 3 rings (SSSR count). The molecule has 0 amide bonds. The van der Waals surface area contributed by atoms with Crippen LogP contribution < -0.4 is 0 Å². The SMILES string of the molecule is CO[C@H](C)CN1CC[C@@]2(C)c3cc(O)ccc3C[C@H]1[C@H]2C. The lowest BCUT2D eigenvalue weighted by Crippen LogP contribution is -2.59. The van der Waals surface area contributed by atoms with Crippen molar-refractivity contribution in [3.8, 4) is 5.75 Å². The highest BCUT2D eigenvalue weighted by atomic mass is 16.5. The molecule has 1 aromatic rings. The number of nitrogens with zero attached hydrogens (tertiary/aromatic N) is 1. The number of aromatic hydroxyl groups is 1. The minimum atomic E-state index is 0.184. The number of rotatable bonds is 3. The van der Waals surface area contributed by atoms with E-state index in [0.717, 1.165) is 25.9 Å². The molecule has 0 saturated carbocycles. The first kappa shape index (κ1) is 14.9. The predicted molar refractivity (Wildman–Crippen MR) is 84.8 cm³/mol. The standard InChI is InChI=1S/C18H27NO2/c1-12(21-4)11-19-8-7-18(3)13(2)17(19)9-14-5-6-15(20)10-16(14)18/h5-6,10,12-13,17,20H,7-9,11H2,1-4H3/t12-,13-,17+,18-/m1/s1. The minimum Gasteiger partial charge on any atom is -0.508 e.